The van der Waals surface area contributed by atoms with Crippen molar-refractivity contribution >= 4 is 0 Å². The molecular formula is C13H25N3. The highest BCUT2D eigenvalue weighted by Gasteiger charge is 2.35. The quantitative estimate of drug-likeness (QED) is 0.764. The average molecular weight is 223 g/mol. The van der Waals surface area contributed by atoms with E-state index in [0.717, 1.165) is 18.1 Å². The third kappa shape index (κ3) is 2.41. The van der Waals surface area contributed by atoms with Crippen molar-refractivity contribution in [2.24, 2.45) is 0 Å². The number of nitrogens with zero attached hydrogens (tertiary/aromatic N) is 2. The Morgan fingerprint density at radius 1 is 1.25 bits per heavy atom. The predicted octanol–water partition coefficient (Wildman–Crippen LogP) is 0.907. The van der Waals surface area contributed by atoms with Gasteiger partial charge in [-0.3, -0.25) is 4.90 Å². The summed E-state index contributed by atoms with van der Waals surface area (Å²) < 4.78 is 0. The second kappa shape index (κ2) is 4.63. The highest BCUT2D eigenvalue weighted by Crippen LogP contribution is 2.30. The second-order valence-corrected chi connectivity index (χ2v) is 5.90. The lowest BCUT2D eigenvalue weighted by atomic mass is 10.1. The molecule has 0 aromatic rings. The van der Waals surface area contributed by atoms with Crippen LogP contribution >= 0.6 is 0 Å². The normalized spacial score (nSPS) is 36.4. The lowest BCUT2D eigenvalue weighted by molar-refractivity contribution is 0.213. The van der Waals surface area contributed by atoms with E-state index in [9.17, 15) is 0 Å². The first kappa shape index (κ1) is 11.0. The smallest absolute Gasteiger partial charge is 0.0233 e. The van der Waals surface area contributed by atoms with E-state index < -0.39 is 0 Å². The molecule has 0 radical (unpaired) electrons. The number of hydrogen-bond acceptors (Lipinski definition) is 3. The molecule has 0 spiro atoms. The summed E-state index contributed by atoms with van der Waals surface area (Å²) in [4.78, 5) is 5.31. The van der Waals surface area contributed by atoms with E-state index in [1.807, 2.05) is 0 Å². The fraction of sp³-hybridized carbons (Fsp3) is 1.00. The van der Waals surface area contributed by atoms with Gasteiger partial charge in [-0.2, -0.15) is 0 Å². The molecular weight excluding hydrogens is 198 g/mol. The van der Waals surface area contributed by atoms with Gasteiger partial charge >= 0.3 is 0 Å². The van der Waals surface area contributed by atoms with Crippen molar-refractivity contribution in [1.29, 1.82) is 0 Å². The third-order valence-electron chi connectivity index (χ3n) is 4.55. The third-order valence-corrected chi connectivity index (χ3v) is 4.55. The Balaban J connectivity index is 1.45. The number of hydrogen-bond donors (Lipinski definition) is 1. The van der Waals surface area contributed by atoms with Crippen LogP contribution in [0, 0.1) is 0 Å². The number of likely N-dealkylation sites (N-methyl/N-ethyl adjacent to an activating group) is 1. The molecule has 0 aromatic carbocycles. The van der Waals surface area contributed by atoms with E-state index >= 15 is 0 Å². The van der Waals surface area contributed by atoms with Gasteiger partial charge in [0.15, 0.2) is 0 Å². The minimum absolute atomic E-state index is 0.764. The molecule has 0 aromatic heterocycles. The van der Waals surface area contributed by atoms with Crippen molar-refractivity contribution in [2.45, 2.75) is 50.2 Å². The predicted molar refractivity (Wildman–Crippen MR) is 66.7 cm³/mol. The van der Waals surface area contributed by atoms with Crippen LogP contribution in [-0.2, 0) is 0 Å². The largest absolute Gasteiger partial charge is 0.313 e. The van der Waals surface area contributed by atoms with Gasteiger partial charge in [0.1, 0.15) is 0 Å². The maximum absolute atomic E-state index is 3.60. The van der Waals surface area contributed by atoms with E-state index in [1.54, 1.807) is 0 Å². The van der Waals surface area contributed by atoms with Gasteiger partial charge in [-0.15, -0.1) is 0 Å². The molecule has 3 heteroatoms. The summed E-state index contributed by atoms with van der Waals surface area (Å²) >= 11 is 0. The zero-order valence-corrected chi connectivity index (χ0v) is 10.5. The molecule has 3 aliphatic rings. The highest BCUT2D eigenvalue weighted by molar-refractivity contribution is 4.93. The van der Waals surface area contributed by atoms with Crippen molar-refractivity contribution in [3.63, 3.8) is 0 Å². The Kier molecular flexibility index (Phi) is 3.18. The van der Waals surface area contributed by atoms with Crippen LogP contribution < -0.4 is 5.32 Å². The van der Waals surface area contributed by atoms with Crippen LogP contribution in [0.1, 0.15) is 32.1 Å². The van der Waals surface area contributed by atoms with Gasteiger partial charge < -0.3 is 10.2 Å². The van der Waals surface area contributed by atoms with Crippen molar-refractivity contribution < 1.29 is 0 Å². The molecule has 1 aliphatic carbocycles. The topological polar surface area (TPSA) is 18.5 Å². The lowest BCUT2D eigenvalue weighted by Gasteiger charge is -2.27. The number of likely N-dealkylation sites (tertiary alicyclic amines) is 1. The first-order valence-corrected chi connectivity index (χ1v) is 7.00. The van der Waals surface area contributed by atoms with Gasteiger partial charge in [0.2, 0.25) is 0 Å². The molecule has 0 amide bonds. The molecule has 1 N–H and O–H groups in total. The Morgan fingerprint density at radius 2 is 2.12 bits per heavy atom. The number of nitrogens with one attached hydrogen (secondary N) is 1. The van der Waals surface area contributed by atoms with E-state index in [-0.39, 0.29) is 0 Å². The molecule has 2 saturated heterocycles. The minimum atomic E-state index is 0.764. The monoisotopic (exact) mass is 223 g/mol. The summed E-state index contributed by atoms with van der Waals surface area (Å²) in [6, 6.07) is 2.55. The molecule has 2 aliphatic heterocycles. The highest BCUT2D eigenvalue weighted by atomic mass is 15.3. The maximum atomic E-state index is 3.60. The van der Waals surface area contributed by atoms with Crippen molar-refractivity contribution in [2.75, 3.05) is 33.2 Å². The molecule has 2 atom stereocenters. The minimum Gasteiger partial charge on any atom is -0.313 e. The van der Waals surface area contributed by atoms with Crippen molar-refractivity contribution in [3.8, 4) is 0 Å². The van der Waals surface area contributed by atoms with Crippen LogP contribution in [0.15, 0.2) is 0 Å². The Bertz CT molecular complexity index is 233. The van der Waals surface area contributed by atoms with E-state index in [1.165, 1.54) is 58.3 Å². The molecule has 16 heavy (non-hydrogen) atoms. The molecule has 2 heterocycles. The maximum Gasteiger partial charge on any atom is 0.0233 e. The van der Waals surface area contributed by atoms with Gasteiger partial charge in [-0.25, -0.2) is 0 Å². The van der Waals surface area contributed by atoms with Gasteiger partial charge in [0, 0.05) is 37.8 Å². The summed E-state index contributed by atoms with van der Waals surface area (Å²) in [5, 5.41) is 3.60. The Morgan fingerprint density at radius 3 is 2.81 bits per heavy atom. The van der Waals surface area contributed by atoms with Crippen LogP contribution in [0.25, 0.3) is 0 Å². The molecule has 1 saturated carbocycles. The van der Waals surface area contributed by atoms with Gasteiger partial charge in [0.05, 0.1) is 0 Å². The second-order valence-electron chi connectivity index (χ2n) is 5.90. The fourth-order valence-electron chi connectivity index (χ4n) is 3.31. The van der Waals surface area contributed by atoms with Crippen molar-refractivity contribution in [3.05, 3.63) is 0 Å². The molecule has 2 unspecified atom stereocenters. The lowest BCUT2D eigenvalue weighted by Crippen LogP contribution is -2.42. The molecule has 3 fully saturated rings. The molecule has 92 valence electrons. The summed E-state index contributed by atoms with van der Waals surface area (Å²) in [5.74, 6) is 0. The van der Waals surface area contributed by atoms with Crippen LogP contribution in [0.3, 0.4) is 0 Å². The van der Waals surface area contributed by atoms with Crippen molar-refractivity contribution in [1.82, 2.24) is 15.1 Å². The Labute approximate surface area is 99.2 Å². The Hall–Kier alpha value is -0.120. The van der Waals surface area contributed by atoms with Gasteiger partial charge in [0.25, 0.3) is 0 Å². The summed E-state index contributed by atoms with van der Waals surface area (Å²) in [6.07, 6.45) is 7.06. The zero-order valence-electron chi connectivity index (χ0n) is 10.5. The molecule has 3 rings (SSSR count). The summed E-state index contributed by atoms with van der Waals surface area (Å²) in [5.41, 5.74) is 0. The first-order valence-electron chi connectivity index (χ1n) is 7.00. The van der Waals surface area contributed by atoms with Crippen LogP contribution in [0.4, 0.5) is 0 Å². The fourth-order valence-corrected chi connectivity index (χ4v) is 3.31. The standard InChI is InChI=1S/C13H25N3/c1-15(9-11-3-2-7-14-11)13-6-8-16(10-13)12-4-5-12/h11-14H,2-10H2,1H3. The van der Waals surface area contributed by atoms with Gasteiger partial charge in [-0.1, -0.05) is 0 Å². The molecule has 3 nitrogen and oxygen atoms in total. The van der Waals surface area contributed by atoms with Crippen LogP contribution in [-0.4, -0.2) is 61.2 Å². The average Bonchev–Trinajstić information content (AvgIpc) is 2.82. The van der Waals surface area contributed by atoms with E-state index in [4.69, 9.17) is 0 Å². The summed E-state index contributed by atoms with van der Waals surface area (Å²) in [6.45, 7) is 5.16. The first-order chi connectivity index (χ1) is 7.83. The van der Waals surface area contributed by atoms with Gasteiger partial charge in [-0.05, 0) is 45.7 Å². The SMILES string of the molecule is CN(CC1CCCN1)C1CCN(C2CC2)C1. The molecule has 0 bridgehead atoms. The summed E-state index contributed by atoms with van der Waals surface area (Å²) in [7, 11) is 2.32. The van der Waals surface area contributed by atoms with Crippen LogP contribution in [0.2, 0.25) is 0 Å². The number of rotatable bonds is 4. The zero-order chi connectivity index (χ0) is 11.0. The van der Waals surface area contributed by atoms with Crippen LogP contribution in [0.5, 0.6) is 0 Å². The van der Waals surface area contributed by atoms with E-state index in [0.29, 0.717) is 0 Å². The van der Waals surface area contributed by atoms with E-state index in [2.05, 4.69) is 22.2 Å².